The second-order valence-electron chi connectivity index (χ2n) is 5.85. The van der Waals surface area contributed by atoms with E-state index in [1.807, 2.05) is 35.0 Å². The van der Waals surface area contributed by atoms with Gasteiger partial charge in [0.2, 0.25) is 5.56 Å². The average Bonchev–Trinajstić information content (AvgIpc) is 3.25. The normalized spacial score (nSPS) is 11.2. The van der Waals surface area contributed by atoms with Crippen LogP contribution in [-0.4, -0.2) is 19.6 Å². The van der Waals surface area contributed by atoms with E-state index in [9.17, 15) is 4.79 Å². The van der Waals surface area contributed by atoms with Crippen LogP contribution in [0.15, 0.2) is 71.8 Å². The molecule has 5 aromatic rings. The zero-order valence-corrected chi connectivity index (χ0v) is 14.3. The number of nitrogens with zero attached hydrogens (tertiary/aromatic N) is 3. The van der Waals surface area contributed by atoms with Crippen molar-refractivity contribution in [3.8, 4) is 10.6 Å². The second-order valence-corrected chi connectivity index (χ2v) is 6.93. The number of fused-ring (bicyclic) bond motifs is 2. The van der Waals surface area contributed by atoms with Gasteiger partial charge in [-0.05, 0) is 35.7 Å². The quantitative estimate of drug-likeness (QED) is 0.510. The Balaban J connectivity index is 1.59. The number of aromatic amines is 1. The van der Waals surface area contributed by atoms with Gasteiger partial charge in [-0.25, -0.2) is 9.50 Å². The first-order valence-corrected chi connectivity index (χ1v) is 8.87. The third-order valence-electron chi connectivity index (χ3n) is 4.09. The minimum atomic E-state index is -0.162. The van der Waals surface area contributed by atoms with Crippen LogP contribution in [0.5, 0.6) is 0 Å². The molecule has 1 aromatic carbocycles. The van der Waals surface area contributed by atoms with Crippen LogP contribution in [0.4, 0.5) is 11.5 Å². The molecular formula is C19H13N5OS. The lowest BCUT2D eigenvalue weighted by atomic mass is 10.2. The van der Waals surface area contributed by atoms with Crippen molar-refractivity contribution in [2.24, 2.45) is 0 Å². The van der Waals surface area contributed by atoms with E-state index in [1.54, 1.807) is 23.6 Å². The molecule has 7 heteroatoms. The van der Waals surface area contributed by atoms with E-state index in [1.165, 1.54) is 16.2 Å². The molecule has 0 radical (unpaired) electrons. The van der Waals surface area contributed by atoms with Gasteiger partial charge in [0.15, 0.2) is 11.5 Å². The molecule has 126 valence electrons. The van der Waals surface area contributed by atoms with Crippen molar-refractivity contribution in [3.63, 3.8) is 0 Å². The van der Waals surface area contributed by atoms with Gasteiger partial charge in [0.1, 0.15) is 5.69 Å². The molecular weight excluding hydrogens is 346 g/mol. The minimum Gasteiger partial charge on any atom is -0.339 e. The summed E-state index contributed by atoms with van der Waals surface area (Å²) in [5.74, 6) is 0.642. The number of H-pyrrole nitrogens is 1. The van der Waals surface area contributed by atoms with Gasteiger partial charge < -0.3 is 10.3 Å². The van der Waals surface area contributed by atoms with Gasteiger partial charge in [0.25, 0.3) is 0 Å². The van der Waals surface area contributed by atoms with E-state index < -0.39 is 0 Å². The summed E-state index contributed by atoms with van der Waals surface area (Å²) in [4.78, 5) is 19.6. The molecule has 0 saturated carbocycles. The highest BCUT2D eigenvalue weighted by Gasteiger charge is 2.11. The number of imidazole rings is 1. The fourth-order valence-corrected chi connectivity index (χ4v) is 3.94. The van der Waals surface area contributed by atoms with Crippen LogP contribution in [0.3, 0.4) is 0 Å². The van der Waals surface area contributed by atoms with Crippen LogP contribution in [-0.2, 0) is 0 Å². The molecule has 0 amide bonds. The summed E-state index contributed by atoms with van der Waals surface area (Å²) in [5.41, 5.74) is 2.23. The van der Waals surface area contributed by atoms with Gasteiger partial charge in [0.05, 0.1) is 11.1 Å². The maximum atomic E-state index is 11.4. The fraction of sp³-hybridized carbons (Fsp3) is 0. The lowest BCUT2D eigenvalue weighted by Gasteiger charge is -2.06. The van der Waals surface area contributed by atoms with Gasteiger partial charge in [-0.2, -0.15) is 0 Å². The van der Waals surface area contributed by atoms with Crippen molar-refractivity contribution in [1.82, 2.24) is 19.6 Å². The molecule has 2 N–H and O–H groups in total. The summed E-state index contributed by atoms with van der Waals surface area (Å²) >= 11 is 1.71. The van der Waals surface area contributed by atoms with Gasteiger partial charge in [-0.15, -0.1) is 16.4 Å². The topological polar surface area (TPSA) is 75.1 Å². The van der Waals surface area contributed by atoms with E-state index in [2.05, 4.69) is 38.6 Å². The SMILES string of the molecule is O=c1cc(Nc2ccc3ncc(-c4cc5ccccc5s4)n3n2)cc[nH]1. The Hall–Kier alpha value is -3.45. The molecule has 26 heavy (non-hydrogen) atoms. The first-order valence-electron chi connectivity index (χ1n) is 8.06. The Labute approximate surface area is 151 Å². The highest BCUT2D eigenvalue weighted by molar-refractivity contribution is 7.22. The predicted octanol–water partition coefficient (Wildman–Crippen LogP) is 4.04. The average molecular weight is 359 g/mol. The minimum absolute atomic E-state index is 0.162. The van der Waals surface area contributed by atoms with E-state index in [0.29, 0.717) is 11.5 Å². The molecule has 0 spiro atoms. The Morgan fingerprint density at radius 3 is 2.88 bits per heavy atom. The molecule has 0 unspecified atom stereocenters. The molecule has 0 fully saturated rings. The molecule has 5 rings (SSSR count). The van der Waals surface area contributed by atoms with E-state index >= 15 is 0 Å². The van der Waals surface area contributed by atoms with Crippen LogP contribution >= 0.6 is 11.3 Å². The van der Waals surface area contributed by atoms with Crippen molar-refractivity contribution in [2.75, 3.05) is 5.32 Å². The van der Waals surface area contributed by atoms with E-state index in [-0.39, 0.29) is 5.56 Å². The maximum Gasteiger partial charge on any atom is 0.249 e. The van der Waals surface area contributed by atoms with Crippen LogP contribution in [0.25, 0.3) is 26.3 Å². The number of hydrogen-bond acceptors (Lipinski definition) is 5. The predicted molar refractivity (Wildman–Crippen MR) is 104 cm³/mol. The van der Waals surface area contributed by atoms with Gasteiger partial charge in [-0.3, -0.25) is 4.79 Å². The maximum absolute atomic E-state index is 11.4. The monoisotopic (exact) mass is 359 g/mol. The summed E-state index contributed by atoms with van der Waals surface area (Å²) in [6, 6.07) is 17.5. The number of rotatable bonds is 3. The Morgan fingerprint density at radius 2 is 2.00 bits per heavy atom. The zero-order chi connectivity index (χ0) is 17.5. The number of thiophene rings is 1. The summed E-state index contributed by atoms with van der Waals surface area (Å²) in [6.45, 7) is 0. The number of pyridine rings is 1. The van der Waals surface area contributed by atoms with Crippen molar-refractivity contribution >= 4 is 38.6 Å². The van der Waals surface area contributed by atoms with E-state index in [4.69, 9.17) is 0 Å². The van der Waals surface area contributed by atoms with Gasteiger partial charge in [0, 0.05) is 22.7 Å². The van der Waals surface area contributed by atoms with Crippen LogP contribution in [0.1, 0.15) is 0 Å². The highest BCUT2D eigenvalue weighted by atomic mass is 32.1. The summed E-state index contributed by atoms with van der Waals surface area (Å²) < 4.78 is 3.05. The number of aromatic nitrogens is 4. The zero-order valence-electron chi connectivity index (χ0n) is 13.5. The Bertz CT molecular complexity index is 1270. The molecule has 4 heterocycles. The fourth-order valence-electron chi connectivity index (χ4n) is 2.89. The third kappa shape index (κ3) is 2.55. The third-order valence-corrected chi connectivity index (χ3v) is 5.23. The molecule has 0 aliphatic heterocycles. The van der Waals surface area contributed by atoms with Crippen molar-refractivity contribution in [2.45, 2.75) is 0 Å². The van der Waals surface area contributed by atoms with Crippen molar-refractivity contribution < 1.29 is 0 Å². The van der Waals surface area contributed by atoms with Crippen LogP contribution in [0, 0.1) is 0 Å². The molecule has 4 aromatic heterocycles. The number of anilines is 2. The largest absolute Gasteiger partial charge is 0.339 e. The van der Waals surface area contributed by atoms with Gasteiger partial charge in [-0.1, -0.05) is 18.2 Å². The number of benzene rings is 1. The number of hydrogen-bond donors (Lipinski definition) is 2. The van der Waals surface area contributed by atoms with Crippen molar-refractivity contribution in [3.05, 3.63) is 77.3 Å². The number of nitrogens with one attached hydrogen (secondary N) is 2. The van der Waals surface area contributed by atoms with Crippen LogP contribution in [0.2, 0.25) is 0 Å². The molecule has 0 saturated heterocycles. The lowest BCUT2D eigenvalue weighted by Crippen LogP contribution is -2.05. The smallest absolute Gasteiger partial charge is 0.249 e. The molecule has 6 nitrogen and oxygen atoms in total. The summed E-state index contributed by atoms with van der Waals surface area (Å²) in [6.07, 6.45) is 3.44. The first kappa shape index (κ1) is 14.9. The summed E-state index contributed by atoms with van der Waals surface area (Å²) in [5, 5.41) is 9.01. The Kier molecular flexibility index (Phi) is 3.32. The highest BCUT2D eigenvalue weighted by Crippen LogP contribution is 2.33. The van der Waals surface area contributed by atoms with E-state index in [0.717, 1.165) is 16.2 Å². The lowest BCUT2D eigenvalue weighted by molar-refractivity contribution is 0.950. The first-order chi connectivity index (χ1) is 12.8. The second kappa shape index (κ2) is 5.82. The molecule has 0 aliphatic rings. The summed E-state index contributed by atoms with van der Waals surface area (Å²) in [7, 11) is 0. The standard InChI is InChI=1S/C19H13N5OS/c25-19-10-13(7-8-20-19)22-17-5-6-18-21-11-14(24(18)23-17)16-9-12-3-1-2-4-15(12)26-16/h1-11H,(H2,20,22,23,25). The molecule has 0 atom stereocenters. The molecule has 0 bridgehead atoms. The Morgan fingerprint density at radius 1 is 1.08 bits per heavy atom. The molecule has 0 aliphatic carbocycles. The van der Waals surface area contributed by atoms with Gasteiger partial charge >= 0.3 is 0 Å². The van der Waals surface area contributed by atoms with Crippen molar-refractivity contribution in [1.29, 1.82) is 0 Å². The van der Waals surface area contributed by atoms with Crippen LogP contribution < -0.4 is 10.9 Å².